The average molecular weight is 430 g/mol. The Morgan fingerprint density at radius 2 is 2.14 bits per heavy atom. The zero-order valence-electron chi connectivity index (χ0n) is 15.2. The van der Waals surface area contributed by atoms with Crippen molar-refractivity contribution in [2.24, 2.45) is 0 Å². The van der Waals surface area contributed by atoms with Gasteiger partial charge in [0, 0.05) is 42.1 Å². The third kappa shape index (κ3) is 3.78. The minimum absolute atomic E-state index is 0.526. The maximum Gasteiger partial charge on any atom is 0.135 e. The first-order valence-corrected chi connectivity index (χ1v) is 10.6. The summed E-state index contributed by atoms with van der Waals surface area (Å²) >= 11 is 13.7. The van der Waals surface area contributed by atoms with Gasteiger partial charge in [-0.3, -0.25) is 0 Å². The van der Waals surface area contributed by atoms with Crippen LogP contribution in [0.2, 0.25) is 10.0 Å². The van der Waals surface area contributed by atoms with E-state index in [0.29, 0.717) is 27.1 Å². The van der Waals surface area contributed by atoms with Crippen molar-refractivity contribution in [3.63, 3.8) is 0 Å². The monoisotopic (exact) mass is 429 g/mol. The second kappa shape index (κ2) is 8.18. The number of benzene rings is 1. The quantitative estimate of drug-likeness (QED) is 0.490. The van der Waals surface area contributed by atoms with E-state index < -0.39 is 0 Å². The van der Waals surface area contributed by atoms with Crippen molar-refractivity contribution in [2.75, 3.05) is 13.6 Å². The number of hydrogen-bond acceptors (Lipinski definition) is 5. The smallest absolute Gasteiger partial charge is 0.135 e. The minimum Gasteiger partial charge on any atom is -0.464 e. The summed E-state index contributed by atoms with van der Waals surface area (Å²) in [5.41, 5.74) is 4.58. The molecule has 0 N–H and O–H groups in total. The summed E-state index contributed by atoms with van der Waals surface area (Å²) in [5.74, 6) is 1.36. The Labute approximate surface area is 178 Å². The molecule has 1 aromatic carbocycles. The highest BCUT2D eigenvalue weighted by atomic mass is 35.5. The highest BCUT2D eigenvalue weighted by molar-refractivity contribution is 7.98. The van der Waals surface area contributed by atoms with Crippen LogP contribution in [0.1, 0.15) is 22.4 Å². The summed E-state index contributed by atoms with van der Waals surface area (Å²) in [5, 5.41) is 11.7. The van der Waals surface area contributed by atoms with Crippen LogP contribution in [-0.4, -0.2) is 23.5 Å². The standard InChI is InChI=1S/C21H17Cl2N3OS/c1-26-7-6-18-15(11-26)20(19-3-2-8-27-19)14(10-24)21(25-18)28-12-13-4-5-16(22)17(23)9-13/h2-5,8-9H,6-7,11-12H2,1H3. The van der Waals surface area contributed by atoms with Gasteiger partial charge in [-0.1, -0.05) is 29.3 Å². The number of likely N-dealkylation sites (N-methyl/N-ethyl adjacent to an activating group) is 1. The fourth-order valence-electron chi connectivity index (χ4n) is 3.35. The van der Waals surface area contributed by atoms with Crippen molar-refractivity contribution < 1.29 is 4.42 Å². The van der Waals surface area contributed by atoms with E-state index in [2.05, 4.69) is 18.0 Å². The number of furan rings is 1. The van der Waals surface area contributed by atoms with Crippen LogP contribution in [0.4, 0.5) is 0 Å². The van der Waals surface area contributed by atoms with Crippen molar-refractivity contribution in [2.45, 2.75) is 23.7 Å². The first kappa shape index (κ1) is 19.4. The third-order valence-electron chi connectivity index (χ3n) is 4.75. The Balaban J connectivity index is 1.76. The molecule has 28 heavy (non-hydrogen) atoms. The molecule has 0 saturated carbocycles. The third-order valence-corrected chi connectivity index (χ3v) is 6.53. The van der Waals surface area contributed by atoms with Gasteiger partial charge in [-0.05, 0) is 36.9 Å². The zero-order valence-corrected chi connectivity index (χ0v) is 17.5. The average Bonchev–Trinajstić information content (AvgIpc) is 3.22. The number of rotatable bonds is 4. The molecule has 0 atom stereocenters. The van der Waals surface area contributed by atoms with Gasteiger partial charge < -0.3 is 9.32 Å². The van der Waals surface area contributed by atoms with Crippen LogP contribution in [0.15, 0.2) is 46.0 Å². The van der Waals surface area contributed by atoms with E-state index in [1.54, 1.807) is 12.3 Å². The molecule has 1 aliphatic heterocycles. The molecule has 2 aromatic heterocycles. The molecule has 0 radical (unpaired) electrons. The van der Waals surface area contributed by atoms with Crippen molar-refractivity contribution in [1.82, 2.24) is 9.88 Å². The van der Waals surface area contributed by atoms with Gasteiger partial charge >= 0.3 is 0 Å². The number of fused-ring (bicyclic) bond motifs is 1. The van der Waals surface area contributed by atoms with E-state index in [4.69, 9.17) is 32.6 Å². The van der Waals surface area contributed by atoms with Crippen LogP contribution in [0.3, 0.4) is 0 Å². The Morgan fingerprint density at radius 1 is 1.29 bits per heavy atom. The van der Waals surface area contributed by atoms with Gasteiger partial charge in [0.25, 0.3) is 0 Å². The van der Waals surface area contributed by atoms with Gasteiger partial charge in [0.2, 0.25) is 0 Å². The van der Waals surface area contributed by atoms with Crippen molar-refractivity contribution >= 4 is 35.0 Å². The molecule has 3 aromatic rings. The van der Waals surface area contributed by atoms with Gasteiger partial charge in [-0.25, -0.2) is 4.98 Å². The van der Waals surface area contributed by atoms with Gasteiger partial charge in [0.15, 0.2) is 0 Å². The first-order chi connectivity index (χ1) is 13.6. The lowest BCUT2D eigenvalue weighted by molar-refractivity contribution is 0.309. The van der Waals surface area contributed by atoms with Crippen molar-refractivity contribution in [3.8, 4) is 17.4 Å². The maximum atomic E-state index is 9.95. The first-order valence-electron chi connectivity index (χ1n) is 8.82. The van der Waals surface area contributed by atoms with Gasteiger partial charge in [-0.2, -0.15) is 5.26 Å². The molecule has 0 bridgehead atoms. The van der Waals surface area contributed by atoms with E-state index in [9.17, 15) is 5.26 Å². The highest BCUT2D eigenvalue weighted by Gasteiger charge is 2.26. The van der Waals surface area contributed by atoms with Crippen molar-refractivity contribution in [1.29, 1.82) is 5.26 Å². The number of thioether (sulfide) groups is 1. The van der Waals surface area contributed by atoms with E-state index in [0.717, 1.165) is 46.9 Å². The van der Waals surface area contributed by atoms with Gasteiger partial charge in [0.1, 0.15) is 16.9 Å². The topological polar surface area (TPSA) is 53.1 Å². The van der Waals surface area contributed by atoms with E-state index >= 15 is 0 Å². The molecule has 0 fully saturated rings. The normalized spacial score (nSPS) is 13.9. The molecule has 0 saturated heterocycles. The molecular formula is C21H17Cl2N3OS. The molecule has 3 heterocycles. The summed E-state index contributed by atoms with van der Waals surface area (Å²) in [6.07, 6.45) is 2.49. The number of aromatic nitrogens is 1. The summed E-state index contributed by atoms with van der Waals surface area (Å²) in [4.78, 5) is 7.09. The van der Waals surface area contributed by atoms with Crippen LogP contribution >= 0.6 is 35.0 Å². The van der Waals surface area contributed by atoms with Crippen molar-refractivity contribution in [3.05, 3.63) is 69.0 Å². The predicted molar refractivity (Wildman–Crippen MR) is 113 cm³/mol. The molecule has 4 nitrogen and oxygen atoms in total. The maximum absolute atomic E-state index is 9.95. The van der Waals surface area contributed by atoms with Crippen LogP contribution in [0.5, 0.6) is 0 Å². The molecule has 1 aliphatic rings. The minimum atomic E-state index is 0.526. The molecule has 0 amide bonds. The van der Waals surface area contributed by atoms with Crippen LogP contribution in [0.25, 0.3) is 11.3 Å². The molecule has 0 aliphatic carbocycles. The fourth-order valence-corrected chi connectivity index (χ4v) is 4.62. The molecule has 0 spiro atoms. The summed E-state index contributed by atoms with van der Waals surface area (Å²) < 4.78 is 5.67. The summed E-state index contributed by atoms with van der Waals surface area (Å²) in [7, 11) is 2.08. The number of halogens is 2. The fraction of sp³-hybridized carbons (Fsp3) is 0.238. The molecule has 0 unspecified atom stereocenters. The lowest BCUT2D eigenvalue weighted by Gasteiger charge is -2.27. The molecular weight excluding hydrogens is 413 g/mol. The lowest BCUT2D eigenvalue weighted by Crippen LogP contribution is -2.28. The van der Waals surface area contributed by atoms with E-state index in [1.807, 2.05) is 24.3 Å². The number of pyridine rings is 1. The van der Waals surface area contributed by atoms with Gasteiger partial charge in [-0.15, -0.1) is 11.8 Å². The van der Waals surface area contributed by atoms with Gasteiger partial charge in [0.05, 0.1) is 21.9 Å². The van der Waals surface area contributed by atoms with Crippen LogP contribution in [0, 0.1) is 11.3 Å². The number of nitrogens with zero attached hydrogens (tertiary/aromatic N) is 3. The Hall–Kier alpha value is -1.97. The summed E-state index contributed by atoms with van der Waals surface area (Å²) in [6, 6.07) is 11.7. The SMILES string of the molecule is CN1CCc2nc(SCc3ccc(Cl)c(Cl)c3)c(C#N)c(-c3ccco3)c2C1. The lowest BCUT2D eigenvalue weighted by atomic mass is 9.95. The molecule has 142 valence electrons. The second-order valence-corrected chi connectivity index (χ2v) is 8.48. The highest BCUT2D eigenvalue weighted by Crippen LogP contribution is 2.38. The largest absolute Gasteiger partial charge is 0.464 e. The van der Waals surface area contributed by atoms with E-state index in [1.165, 1.54) is 11.8 Å². The Bertz CT molecular complexity index is 1060. The van der Waals surface area contributed by atoms with Crippen LogP contribution < -0.4 is 0 Å². The Kier molecular flexibility index (Phi) is 5.65. The number of nitriles is 1. The molecule has 4 rings (SSSR count). The summed E-state index contributed by atoms with van der Waals surface area (Å²) in [6.45, 7) is 1.70. The molecule has 7 heteroatoms. The Morgan fingerprint density at radius 3 is 2.86 bits per heavy atom. The van der Waals surface area contributed by atoms with Crippen LogP contribution in [-0.2, 0) is 18.7 Å². The second-order valence-electron chi connectivity index (χ2n) is 6.71. The number of hydrogen-bond donors (Lipinski definition) is 0. The predicted octanol–water partition coefficient (Wildman–Crippen LogP) is 5.80. The van der Waals surface area contributed by atoms with E-state index in [-0.39, 0.29) is 0 Å². The zero-order chi connectivity index (χ0) is 19.7.